The second-order valence-corrected chi connectivity index (χ2v) is 14.2. The topological polar surface area (TPSA) is 186 Å². The number of hydrogen-bond donors (Lipinski definition) is 4. The third-order valence-corrected chi connectivity index (χ3v) is 10.5. The zero-order valence-electron chi connectivity index (χ0n) is 30.6. The fourth-order valence-electron chi connectivity index (χ4n) is 5.31. The summed E-state index contributed by atoms with van der Waals surface area (Å²) < 4.78 is 54.7. The van der Waals surface area contributed by atoms with Crippen molar-refractivity contribution in [3.05, 3.63) is 111 Å². The molecule has 2 aromatic carbocycles. The van der Waals surface area contributed by atoms with E-state index in [0.717, 1.165) is 36.3 Å². The van der Waals surface area contributed by atoms with Gasteiger partial charge in [0.15, 0.2) is 17.4 Å². The van der Waals surface area contributed by atoms with E-state index in [1.165, 1.54) is 47.4 Å². The molecule has 57 heavy (non-hydrogen) atoms. The maximum atomic E-state index is 14.0. The Bertz CT molecular complexity index is 2160. The van der Waals surface area contributed by atoms with Crippen LogP contribution in [-0.4, -0.2) is 101 Å². The number of carboxylic acids is 2. The van der Waals surface area contributed by atoms with E-state index in [1.807, 2.05) is 12.1 Å². The number of likely N-dealkylation sites (N-methyl/N-ethyl adjacent to an activating group) is 1. The monoisotopic (exact) mass is 833 g/mol. The molecule has 0 fully saturated rings. The lowest BCUT2D eigenvalue weighted by Crippen LogP contribution is -2.40. The molecule has 3 aromatic heterocycles. The third-order valence-electron chi connectivity index (χ3n) is 8.58. The zero-order chi connectivity index (χ0) is 41.9. The average molecular weight is 834 g/mol. The summed E-state index contributed by atoms with van der Waals surface area (Å²) in [7, 11) is 0. The molecule has 13 nitrogen and oxygen atoms in total. The molecule has 0 aliphatic carbocycles. The maximum absolute atomic E-state index is 14.0. The molecule has 304 valence electrons. The highest BCUT2D eigenvalue weighted by Crippen LogP contribution is 2.31. The Hall–Kier alpha value is -5.21. The van der Waals surface area contributed by atoms with Crippen molar-refractivity contribution in [2.24, 2.45) is 0 Å². The van der Waals surface area contributed by atoms with Crippen molar-refractivity contribution in [2.75, 3.05) is 26.2 Å². The highest BCUT2D eigenvalue weighted by molar-refractivity contribution is 7.98. The van der Waals surface area contributed by atoms with Gasteiger partial charge in [-0.3, -0.25) is 14.6 Å². The number of amides is 1. The van der Waals surface area contributed by atoms with Gasteiger partial charge >= 0.3 is 18.1 Å². The van der Waals surface area contributed by atoms with Crippen LogP contribution in [0.5, 0.6) is 0 Å². The summed E-state index contributed by atoms with van der Waals surface area (Å²) in [6.45, 7) is 7.07. The summed E-state index contributed by atoms with van der Waals surface area (Å²) in [6.07, 6.45) is -7.32. The molecule has 5 aromatic rings. The average Bonchev–Trinajstić information content (AvgIpc) is 3.69. The van der Waals surface area contributed by atoms with Crippen LogP contribution in [0.15, 0.2) is 88.3 Å². The molecule has 0 aliphatic heterocycles. The van der Waals surface area contributed by atoms with Crippen molar-refractivity contribution in [1.82, 2.24) is 24.3 Å². The van der Waals surface area contributed by atoms with Gasteiger partial charge in [-0.15, -0.1) is 11.3 Å². The number of aliphatic hydroxyl groups excluding tert-OH is 2. The molecular weight excluding hydrogens is 795 g/mol. The van der Waals surface area contributed by atoms with Gasteiger partial charge in [0.2, 0.25) is 5.91 Å². The number of nitrogens with zero attached hydrogens (tertiary/aromatic N) is 5. The number of carbonyl (C=O) groups is 3. The van der Waals surface area contributed by atoms with E-state index >= 15 is 0 Å². The lowest BCUT2D eigenvalue weighted by Gasteiger charge is -2.27. The van der Waals surface area contributed by atoms with Crippen LogP contribution in [0.25, 0.3) is 21.5 Å². The van der Waals surface area contributed by atoms with Crippen molar-refractivity contribution in [2.45, 2.75) is 56.2 Å². The first-order valence-electron chi connectivity index (χ1n) is 17.3. The van der Waals surface area contributed by atoms with Gasteiger partial charge in [-0.1, -0.05) is 55.9 Å². The Morgan fingerprint density at radius 3 is 2.04 bits per heavy atom. The second kappa shape index (κ2) is 20.3. The van der Waals surface area contributed by atoms with Crippen molar-refractivity contribution in [1.29, 1.82) is 0 Å². The van der Waals surface area contributed by atoms with Gasteiger partial charge in [0, 0.05) is 37.1 Å². The molecule has 0 bridgehead atoms. The van der Waals surface area contributed by atoms with E-state index in [9.17, 15) is 36.7 Å². The number of alkyl halides is 3. The SMILES string of the molecule is CCN(CC)CCN(Cc1ccc(-c2ccc(C(F)(F)F)cc2)nc1)C(=O)Cn1c(SCc2ccc(F)cc2)nc(=O)c2sccc21.O=C(O)C(O)C(O)C(=O)O. The lowest BCUT2D eigenvalue weighted by molar-refractivity contribution is -0.165. The predicted molar refractivity (Wildman–Crippen MR) is 205 cm³/mol. The predicted octanol–water partition coefficient (Wildman–Crippen LogP) is 5.22. The minimum absolute atomic E-state index is 0.0540. The van der Waals surface area contributed by atoms with E-state index < -0.39 is 35.9 Å². The van der Waals surface area contributed by atoms with Gasteiger partial charge in [0.05, 0.1) is 16.8 Å². The maximum Gasteiger partial charge on any atom is 0.416 e. The van der Waals surface area contributed by atoms with Crippen LogP contribution in [-0.2, 0) is 39.4 Å². The van der Waals surface area contributed by atoms with Crippen molar-refractivity contribution < 1.29 is 52.4 Å². The number of benzene rings is 2. The standard InChI is InChI=1S/C34H33F4N5O2S2.C4H6O6/c1-3-41(4-2)16-17-42(20-24-7-14-28(39-19-24)25-8-10-26(11-9-25)34(36,37)38)30(44)21-43-29-15-18-46-31(29)32(45)40-33(43)47-22-23-5-12-27(35)13-6-23;5-1(3(7)8)2(6)4(9)10/h5-15,18-19H,3-4,16-17,20-22H2,1-2H3;1-2,5-6H,(H,7,8)(H,9,10). The summed E-state index contributed by atoms with van der Waals surface area (Å²) in [6, 6.07) is 16.3. The van der Waals surface area contributed by atoms with Gasteiger partial charge in [-0.2, -0.15) is 18.2 Å². The van der Waals surface area contributed by atoms with E-state index in [2.05, 4.69) is 28.7 Å². The van der Waals surface area contributed by atoms with Crippen LogP contribution in [0.1, 0.15) is 30.5 Å². The molecule has 4 N–H and O–H groups in total. The minimum atomic E-state index is -4.42. The highest BCUT2D eigenvalue weighted by Gasteiger charge is 2.30. The molecule has 2 atom stereocenters. The summed E-state index contributed by atoms with van der Waals surface area (Å²) in [5.41, 5.74) is 2.21. The van der Waals surface area contributed by atoms with Gasteiger partial charge in [0.25, 0.3) is 5.56 Å². The molecule has 19 heteroatoms. The number of rotatable bonds is 16. The highest BCUT2D eigenvalue weighted by atomic mass is 32.2. The van der Waals surface area contributed by atoms with E-state index in [1.54, 1.807) is 39.2 Å². The van der Waals surface area contributed by atoms with Gasteiger partial charge in [-0.25, -0.2) is 14.0 Å². The van der Waals surface area contributed by atoms with E-state index in [0.29, 0.717) is 45.5 Å². The normalized spacial score (nSPS) is 12.5. The van der Waals surface area contributed by atoms with Crippen LogP contribution in [0.2, 0.25) is 0 Å². The number of thioether (sulfide) groups is 1. The number of fused-ring (bicyclic) bond motifs is 1. The molecule has 1 amide bonds. The number of pyridine rings is 1. The van der Waals surface area contributed by atoms with Gasteiger partial charge in [0.1, 0.15) is 17.1 Å². The quantitative estimate of drug-likeness (QED) is 0.0578. The molecule has 0 aliphatic rings. The molecule has 3 heterocycles. The van der Waals surface area contributed by atoms with E-state index in [-0.39, 0.29) is 30.4 Å². The fraction of sp³-hybridized carbons (Fsp3) is 0.316. The Morgan fingerprint density at radius 2 is 1.49 bits per heavy atom. The number of halogens is 4. The zero-order valence-corrected chi connectivity index (χ0v) is 32.2. The molecular formula is C38H39F4N5O8S2. The van der Waals surface area contributed by atoms with Gasteiger partial charge in [-0.05, 0) is 66.0 Å². The van der Waals surface area contributed by atoms with Crippen LogP contribution < -0.4 is 5.56 Å². The second-order valence-electron chi connectivity index (χ2n) is 12.4. The molecule has 0 saturated heterocycles. The number of carboxylic acid groups (broad SMARTS) is 2. The Morgan fingerprint density at radius 1 is 0.877 bits per heavy atom. The molecule has 2 unspecified atom stereocenters. The van der Waals surface area contributed by atoms with Crippen LogP contribution in [0, 0.1) is 5.82 Å². The first kappa shape index (κ1) is 44.5. The Balaban J connectivity index is 0.000000635. The first-order chi connectivity index (χ1) is 27.0. The van der Waals surface area contributed by atoms with Crippen LogP contribution in [0.4, 0.5) is 17.6 Å². The summed E-state index contributed by atoms with van der Waals surface area (Å²) in [5, 5.41) is 34.7. The van der Waals surface area contributed by atoms with Gasteiger partial charge < -0.3 is 34.8 Å². The number of aromatic nitrogens is 3. The fourth-order valence-corrected chi connectivity index (χ4v) is 7.04. The van der Waals surface area contributed by atoms with E-state index in [4.69, 9.17) is 20.4 Å². The van der Waals surface area contributed by atoms with Crippen molar-refractivity contribution in [3.63, 3.8) is 0 Å². The third kappa shape index (κ3) is 12.4. The molecule has 0 saturated carbocycles. The molecule has 0 spiro atoms. The number of thiophene rings is 1. The number of aliphatic carboxylic acids is 2. The number of hydrogen-bond acceptors (Lipinski definition) is 11. The number of carbonyl (C=O) groups excluding carboxylic acids is 1. The summed E-state index contributed by atoms with van der Waals surface area (Å²) in [5.74, 6) is -3.62. The Labute approximate surface area is 331 Å². The molecule has 5 rings (SSSR count). The largest absolute Gasteiger partial charge is 0.479 e. The van der Waals surface area contributed by atoms with Crippen LogP contribution >= 0.6 is 23.1 Å². The number of aliphatic hydroxyl groups is 2. The lowest BCUT2D eigenvalue weighted by atomic mass is 10.1. The summed E-state index contributed by atoms with van der Waals surface area (Å²) in [4.78, 5) is 59.2. The van der Waals surface area contributed by atoms with Crippen molar-refractivity contribution in [3.8, 4) is 11.3 Å². The Kier molecular flexibility index (Phi) is 15.8. The smallest absolute Gasteiger partial charge is 0.416 e. The molecule has 0 radical (unpaired) electrons. The summed E-state index contributed by atoms with van der Waals surface area (Å²) >= 11 is 2.58. The first-order valence-corrected chi connectivity index (χ1v) is 19.2. The van der Waals surface area contributed by atoms with Crippen LogP contribution in [0.3, 0.4) is 0 Å². The minimum Gasteiger partial charge on any atom is -0.479 e. The van der Waals surface area contributed by atoms with Crippen molar-refractivity contribution >= 4 is 51.2 Å².